The van der Waals surface area contributed by atoms with Crippen molar-refractivity contribution in [3.05, 3.63) is 0 Å². The van der Waals surface area contributed by atoms with E-state index in [0.29, 0.717) is 11.8 Å². The summed E-state index contributed by atoms with van der Waals surface area (Å²) in [5, 5.41) is 0.413. The number of esters is 1. The lowest BCUT2D eigenvalue weighted by Crippen LogP contribution is -2.33. The minimum absolute atomic E-state index is 0.191. The van der Waals surface area contributed by atoms with Gasteiger partial charge in [-0.05, 0) is 27.2 Å². The lowest BCUT2D eigenvalue weighted by Gasteiger charge is -2.20. The molecule has 0 radical (unpaired) electrons. The van der Waals surface area contributed by atoms with Crippen molar-refractivity contribution >= 4 is 33.8 Å². The fourth-order valence-electron chi connectivity index (χ4n) is 1.91. The van der Waals surface area contributed by atoms with Gasteiger partial charge in [0.15, 0.2) is 0 Å². The molecule has 0 bridgehead atoms. The monoisotopic (exact) mass is 348 g/mol. The van der Waals surface area contributed by atoms with Gasteiger partial charge in [-0.1, -0.05) is 15.9 Å². The van der Waals surface area contributed by atoms with Gasteiger partial charge in [0.2, 0.25) is 0 Å². The Labute approximate surface area is 127 Å². The summed E-state index contributed by atoms with van der Waals surface area (Å²) in [6.07, 6.45) is 0.603. The Morgan fingerprint density at radius 2 is 1.95 bits per heavy atom. The molecule has 0 aromatic heterocycles. The van der Waals surface area contributed by atoms with Crippen LogP contribution in [0.2, 0.25) is 0 Å². The van der Waals surface area contributed by atoms with E-state index in [1.807, 2.05) is 0 Å². The number of hydrogen-bond donors (Lipinski definition) is 0. The number of nitrogens with zero attached hydrogens (tertiary/aromatic N) is 2. The number of carbonyl (C=O) groups is 3. The van der Waals surface area contributed by atoms with E-state index < -0.39 is 11.6 Å². The van der Waals surface area contributed by atoms with E-state index in [9.17, 15) is 14.4 Å². The zero-order chi connectivity index (χ0) is 15.5. The molecule has 1 unspecified atom stereocenters. The first kappa shape index (κ1) is 16.9. The highest BCUT2D eigenvalue weighted by atomic mass is 79.9. The van der Waals surface area contributed by atoms with Gasteiger partial charge in [-0.3, -0.25) is 14.5 Å². The largest absolute Gasteiger partial charge is 0.460 e. The molecule has 0 saturated carbocycles. The second kappa shape index (κ2) is 6.56. The van der Waals surface area contributed by atoms with Crippen molar-refractivity contribution in [2.24, 2.45) is 0 Å². The number of hydrogen-bond acceptors (Lipinski definition) is 4. The Morgan fingerprint density at radius 1 is 1.35 bits per heavy atom. The van der Waals surface area contributed by atoms with Crippen LogP contribution in [-0.2, 0) is 14.3 Å². The van der Waals surface area contributed by atoms with Gasteiger partial charge in [-0.2, -0.15) is 0 Å². The molecule has 1 rings (SSSR count). The van der Waals surface area contributed by atoms with Crippen molar-refractivity contribution in [3.63, 3.8) is 0 Å². The van der Waals surface area contributed by atoms with Gasteiger partial charge in [-0.25, -0.2) is 4.79 Å². The molecule has 3 amide bonds. The van der Waals surface area contributed by atoms with Gasteiger partial charge in [-0.15, -0.1) is 0 Å². The summed E-state index contributed by atoms with van der Waals surface area (Å²) in [6, 6.07) is -0.771. The van der Waals surface area contributed by atoms with Crippen LogP contribution in [0.5, 0.6) is 0 Å². The predicted molar refractivity (Wildman–Crippen MR) is 77.5 cm³/mol. The Balaban J connectivity index is 2.45. The molecule has 114 valence electrons. The van der Waals surface area contributed by atoms with Crippen molar-refractivity contribution in [2.75, 3.05) is 18.9 Å². The van der Waals surface area contributed by atoms with Crippen LogP contribution >= 0.6 is 15.9 Å². The molecule has 20 heavy (non-hydrogen) atoms. The molecular weight excluding hydrogens is 328 g/mol. The fourth-order valence-corrected chi connectivity index (χ4v) is 2.62. The minimum Gasteiger partial charge on any atom is -0.460 e. The maximum absolute atomic E-state index is 12.0. The number of urea groups is 1. The smallest absolute Gasteiger partial charge is 0.327 e. The maximum atomic E-state index is 12.0. The van der Waals surface area contributed by atoms with Gasteiger partial charge in [0.05, 0.1) is 0 Å². The molecule has 1 aliphatic heterocycles. The van der Waals surface area contributed by atoms with E-state index in [2.05, 4.69) is 15.9 Å². The minimum atomic E-state index is -0.516. The Morgan fingerprint density at radius 3 is 2.40 bits per heavy atom. The molecule has 0 spiro atoms. The molecule has 1 atom stereocenters. The van der Waals surface area contributed by atoms with E-state index in [1.54, 1.807) is 27.8 Å². The second-order valence-corrected chi connectivity index (χ2v) is 6.39. The van der Waals surface area contributed by atoms with Crippen LogP contribution in [0.25, 0.3) is 0 Å². The van der Waals surface area contributed by atoms with E-state index in [0.717, 1.165) is 0 Å². The number of imide groups is 1. The fraction of sp³-hybridized carbons (Fsp3) is 0.769. The molecule has 0 aliphatic carbocycles. The number of likely N-dealkylation sites (N-methyl/N-ethyl adjacent to an activating group) is 1. The molecule has 1 saturated heterocycles. The first-order valence-corrected chi connectivity index (χ1v) is 7.65. The highest BCUT2D eigenvalue weighted by molar-refractivity contribution is 9.09. The normalized spacial score (nSPS) is 19.8. The summed E-state index contributed by atoms with van der Waals surface area (Å²) in [6.45, 7) is 5.64. The van der Waals surface area contributed by atoms with Gasteiger partial charge in [0.25, 0.3) is 5.91 Å². The standard InChI is InChI=1S/C13H21BrN2O4/c1-13(2,3)20-10(17)6-5-7-16-11(18)9(8-14)15(4)12(16)19/h9H,5-8H2,1-4H3. The van der Waals surface area contributed by atoms with Crippen molar-refractivity contribution < 1.29 is 19.1 Å². The van der Waals surface area contributed by atoms with Gasteiger partial charge < -0.3 is 9.64 Å². The quantitative estimate of drug-likeness (QED) is 0.431. The third kappa shape index (κ3) is 4.19. The van der Waals surface area contributed by atoms with Crippen molar-refractivity contribution in [1.82, 2.24) is 9.80 Å². The molecule has 0 N–H and O–H groups in total. The molecule has 0 aromatic carbocycles. The molecule has 1 aliphatic rings. The first-order valence-electron chi connectivity index (χ1n) is 6.53. The number of carbonyl (C=O) groups excluding carboxylic acids is 3. The van der Waals surface area contributed by atoms with E-state index in [-0.39, 0.29) is 30.9 Å². The van der Waals surface area contributed by atoms with Crippen LogP contribution in [0, 0.1) is 0 Å². The molecular formula is C13H21BrN2O4. The Hall–Kier alpha value is -1.11. The number of rotatable bonds is 5. The lowest BCUT2D eigenvalue weighted by atomic mass is 10.2. The van der Waals surface area contributed by atoms with Crippen LogP contribution in [0.3, 0.4) is 0 Å². The van der Waals surface area contributed by atoms with E-state index in [1.165, 1.54) is 9.80 Å². The summed E-state index contributed by atoms with van der Waals surface area (Å²) < 4.78 is 5.17. The van der Waals surface area contributed by atoms with Crippen LogP contribution in [0.15, 0.2) is 0 Å². The summed E-state index contributed by atoms with van der Waals surface area (Å²) in [4.78, 5) is 38.0. The van der Waals surface area contributed by atoms with E-state index >= 15 is 0 Å². The van der Waals surface area contributed by atoms with Crippen LogP contribution in [0.4, 0.5) is 4.79 Å². The van der Waals surface area contributed by atoms with Crippen molar-refractivity contribution in [2.45, 2.75) is 45.3 Å². The van der Waals surface area contributed by atoms with Crippen LogP contribution in [-0.4, -0.2) is 58.3 Å². The Bertz CT molecular complexity index is 406. The third-order valence-electron chi connectivity index (χ3n) is 2.88. The van der Waals surface area contributed by atoms with Gasteiger partial charge >= 0.3 is 12.0 Å². The van der Waals surface area contributed by atoms with Crippen molar-refractivity contribution in [3.8, 4) is 0 Å². The number of halogens is 1. The summed E-state index contributed by atoms with van der Waals surface area (Å²) in [7, 11) is 1.60. The van der Waals surface area contributed by atoms with E-state index in [4.69, 9.17) is 4.74 Å². The topological polar surface area (TPSA) is 66.9 Å². The highest BCUT2D eigenvalue weighted by Gasteiger charge is 2.41. The van der Waals surface area contributed by atoms with Crippen molar-refractivity contribution in [1.29, 1.82) is 0 Å². The van der Waals surface area contributed by atoms with Crippen LogP contribution in [0.1, 0.15) is 33.6 Å². The molecule has 6 nitrogen and oxygen atoms in total. The predicted octanol–water partition coefficient (Wildman–Crippen LogP) is 1.77. The average Bonchev–Trinajstić information content (AvgIpc) is 2.50. The molecule has 7 heteroatoms. The summed E-state index contributed by atoms with van der Waals surface area (Å²) in [5.74, 6) is -0.541. The van der Waals surface area contributed by atoms with Gasteiger partial charge in [0.1, 0.15) is 11.6 Å². The van der Waals surface area contributed by atoms with Gasteiger partial charge in [0, 0.05) is 25.3 Å². The molecule has 1 fully saturated rings. The molecule has 1 heterocycles. The number of amides is 3. The Kier molecular flexibility index (Phi) is 5.56. The zero-order valence-corrected chi connectivity index (χ0v) is 13.9. The first-order chi connectivity index (χ1) is 9.17. The maximum Gasteiger partial charge on any atom is 0.327 e. The summed E-state index contributed by atoms with van der Waals surface area (Å²) in [5.41, 5.74) is -0.516. The van der Waals surface area contributed by atoms with Crippen LogP contribution < -0.4 is 0 Å². The number of alkyl halides is 1. The lowest BCUT2D eigenvalue weighted by molar-refractivity contribution is -0.155. The zero-order valence-electron chi connectivity index (χ0n) is 12.3. The third-order valence-corrected chi connectivity index (χ3v) is 3.49. The number of ether oxygens (including phenoxy) is 1. The molecule has 0 aromatic rings. The average molecular weight is 349 g/mol. The second-order valence-electron chi connectivity index (χ2n) is 5.74. The SMILES string of the molecule is CN1C(=O)N(CCCC(=O)OC(C)(C)C)C(=O)C1CBr. The highest BCUT2D eigenvalue weighted by Crippen LogP contribution is 2.18. The summed E-state index contributed by atoms with van der Waals surface area (Å²) >= 11 is 3.22.